The zero-order valence-electron chi connectivity index (χ0n) is 14.1. The van der Waals surface area contributed by atoms with E-state index in [0.717, 1.165) is 25.6 Å². The molecule has 0 aromatic carbocycles. The normalized spacial score (nSPS) is 22.9. The Bertz CT molecular complexity index is 310. The standard InChI is InChI=1S/C16H33N3O2/c1-12(2)15(20)7-8-17-16(21)18-14(4)11-19-9-5-6-13(3)10-19/h12-15,20H,5-11H2,1-4H3,(H2,17,18,21). The summed E-state index contributed by atoms with van der Waals surface area (Å²) in [6.45, 7) is 12.0. The summed E-state index contributed by atoms with van der Waals surface area (Å²) in [5, 5.41) is 15.5. The van der Waals surface area contributed by atoms with E-state index in [0.29, 0.717) is 13.0 Å². The molecule has 2 amide bonds. The Morgan fingerprint density at radius 1 is 1.38 bits per heavy atom. The molecular formula is C16H33N3O2. The van der Waals surface area contributed by atoms with Crippen molar-refractivity contribution in [3.8, 4) is 0 Å². The number of rotatable bonds is 7. The van der Waals surface area contributed by atoms with Crippen molar-refractivity contribution in [2.75, 3.05) is 26.2 Å². The molecule has 0 spiro atoms. The van der Waals surface area contributed by atoms with E-state index in [-0.39, 0.29) is 24.1 Å². The van der Waals surface area contributed by atoms with Crippen LogP contribution < -0.4 is 10.6 Å². The largest absolute Gasteiger partial charge is 0.393 e. The third-order valence-corrected chi connectivity index (χ3v) is 4.15. The topological polar surface area (TPSA) is 64.6 Å². The summed E-state index contributed by atoms with van der Waals surface area (Å²) in [5.74, 6) is 0.993. The summed E-state index contributed by atoms with van der Waals surface area (Å²) in [5.41, 5.74) is 0. The second kappa shape index (κ2) is 9.26. The molecule has 0 aromatic heterocycles. The van der Waals surface area contributed by atoms with Gasteiger partial charge in [0, 0.05) is 25.7 Å². The van der Waals surface area contributed by atoms with Crippen molar-refractivity contribution < 1.29 is 9.90 Å². The Hall–Kier alpha value is -0.810. The van der Waals surface area contributed by atoms with Gasteiger partial charge in [0.2, 0.25) is 0 Å². The number of carbonyl (C=O) groups is 1. The van der Waals surface area contributed by atoms with Crippen LogP contribution in [0.2, 0.25) is 0 Å². The van der Waals surface area contributed by atoms with Gasteiger partial charge in [0.25, 0.3) is 0 Å². The van der Waals surface area contributed by atoms with Crippen molar-refractivity contribution in [1.29, 1.82) is 0 Å². The first-order valence-electron chi connectivity index (χ1n) is 8.33. The molecule has 1 fully saturated rings. The molecule has 1 aliphatic heterocycles. The van der Waals surface area contributed by atoms with Crippen LogP contribution in [0.5, 0.6) is 0 Å². The monoisotopic (exact) mass is 299 g/mol. The van der Waals surface area contributed by atoms with Crippen molar-refractivity contribution in [3.05, 3.63) is 0 Å². The highest BCUT2D eigenvalue weighted by atomic mass is 16.3. The van der Waals surface area contributed by atoms with Gasteiger partial charge >= 0.3 is 6.03 Å². The highest BCUT2D eigenvalue weighted by Gasteiger charge is 2.18. The third kappa shape index (κ3) is 7.67. The molecule has 0 radical (unpaired) electrons. The third-order valence-electron chi connectivity index (χ3n) is 4.15. The molecule has 0 aromatic rings. The molecule has 1 rings (SSSR count). The number of nitrogens with zero attached hydrogens (tertiary/aromatic N) is 1. The number of carbonyl (C=O) groups excluding carboxylic acids is 1. The zero-order chi connectivity index (χ0) is 15.8. The quantitative estimate of drug-likeness (QED) is 0.672. The molecule has 124 valence electrons. The Labute approximate surface area is 129 Å². The Kier molecular flexibility index (Phi) is 8.04. The van der Waals surface area contributed by atoms with Crippen molar-refractivity contribution in [2.24, 2.45) is 11.8 Å². The molecule has 1 saturated heterocycles. The SMILES string of the molecule is CC1CCCN(CC(C)NC(=O)NCCC(O)C(C)C)C1. The number of likely N-dealkylation sites (tertiary alicyclic amines) is 1. The molecule has 0 aliphatic carbocycles. The van der Waals surface area contributed by atoms with Gasteiger partial charge in [-0.15, -0.1) is 0 Å². The Morgan fingerprint density at radius 3 is 2.71 bits per heavy atom. The summed E-state index contributed by atoms with van der Waals surface area (Å²) < 4.78 is 0. The summed E-state index contributed by atoms with van der Waals surface area (Å²) in [4.78, 5) is 14.2. The van der Waals surface area contributed by atoms with Crippen LogP contribution >= 0.6 is 0 Å². The lowest BCUT2D eigenvalue weighted by Crippen LogP contribution is -2.48. The van der Waals surface area contributed by atoms with Gasteiger partial charge in [-0.3, -0.25) is 0 Å². The summed E-state index contributed by atoms with van der Waals surface area (Å²) in [6.07, 6.45) is 2.82. The van der Waals surface area contributed by atoms with Crippen LogP contribution in [0, 0.1) is 11.8 Å². The highest BCUT2D eigenvalue weighted by molar-refractivity contribution is 5.74. The number of aliphatic hydroxyl groups is 1. The van der Waals surface area contributed by atoms with Crippen molar-refractivity contribution in [3.63, 3.8) is 0 Å². The minimum absolute atomic E-state index is 0.136. The number of urea groups is 1. The maximum absolute atomic E-state index is 11.8. The minimum atomic E-state index is -0.349. The van der Waals surface area contributed by atoms with Crippen molar-refractivity contribution in [1.82, 2.24) is 15.5 Å². The number of amides is 2. The van der Waals surface area contributed by atoms with E-state index in [1.807, 2.05) is 20.8 Å². The second-order valence-electron chi connectivity index (χ2n) is 6.91. The van der Waals surface area contributed by atoms with Crippen LogP contribution in [0.25, 0.3) is 0 Å². The van der Waals surface area contributed by atoms with Gasteiger partial charge in [-0.25, -0.2) is 4.79 Å². The minimum Gasteiger partial charge on any atom is -0.393 e. The Balaban J connectivity index is 2.15. The number of aliphatic hydroxyl groups excluding tert-OH is 1. The fourth-order valence-electron chi connectivity index (χ4n) is 2.83. The molecular weight excluding hydrogens is 266 g/mol. The van der Waals surface area contributed by atoms with Gasteiger partial charge in [0.1, 0.15) is 0 Å². The molecule has 5 heteroatoms. The van der Waals surface area contributed by atoms with Gasteiger partial charge in [0.05, 0.1) is 6.10 Å². The molecule has 0 saturated carbocycles. The van der Waals surface area contributed by atoms with E-state index in [1.54, 1.807) is 0 Å². The second-order valence-corrected chi connectivity index (χ2v) is 6.91. The van der Waals surface area contributed by atoms with Gasteiger partial charge in [0.15, 0.2) is 0 Å². The smallest absolute Gasteiger partial charge is 0.315 e. The van der Waals surface area contributed by atoms with E-state index < -0.39 is 0 Å². The number of nitrogens with one attached hydrogen (secondary N) is 2. The number of hydrogen-bond acceptors (Lipinski definition) is 3. The Morgan fingerprint density at radius 2 is 2.10 bits per heavy atom. The van der Waals surface area contributed by atoms with E-state index in [9.17, 15) is 9.90 Å². The van der Waals surface area contributed by atoms with E-state index >= 15 is 0 Å². The average Bonchev–Trinajstić information content (AvgIpc) is 2.37. The lowest BCUT2D eigenvalue weighted by molar-refractivity contribution is 0.116. The summed E-state index contributed by atoms with van der Waals surface area (Å²) >= 11 is 0. The fraction of sp³-hybridized carbons (Fsp3) is 0.938. The maximum Gasteiger partial charge on any atom is 0.315 e. The van der Waals surface area contributed by atoms with Crippen LogP contribution in [0.4, 0.5) is 4.79 Å². The molecule has 0 bridgehead atoms. The van der Waals surface area contributed by atoms with Crippen LogP contribution in [0.15, 0.2) is 0 Å². The van der Waals surface area contributed by atoms with Crippen molar-refractivity contribution >= 4 is 6.03 Å². The molecule has 1 heterocycles. The van der Waals surface area contributed by atoms with Crippen LogP contribution in [0.1, 0.15) is 47.0 Å². The predicted molar refractivity (Wildman–Crippen MR) is 86.3 cm³/mol. The number of piperidine rings is 1. The molecule has 5 nitrogen and oxygen atoms in total. The molecule has 3 atom stereocenters. The van der Waals surface area contributed by atoms with Crippen molar-refractivity contribution in [2.45, 2.75) is 59.1 Å². The molecule has 3 unspecified atom stereocenters. The van der Waals surface area contributed by atoms with Gasteiger partial charge in [-0.2, -0.15) is 0 Å². The van der Waals surface area contributed by atoms with Crippen LogP contribution in [-0.2, 0) is 0 Å². The lowest BCUT2D eigenvalue weighted by atomic mass is 10.00. The van der Waals surface area contributed by atoms with E-state index in [2.05, 4.69) is 22.5 Å². The first-order chi connectivity index (χ1) is 9.88. The molecule has 1 aliphatic rings. The fourth-order valence-corrected chi connectivity index (χ4v) is 2.83. The first kappa shape index (κ1) is 18.2. The summed E-state index contributed by atoms with van der Waals surface area (Å²) in [7, 11) is 0. The van der Waals surface area contributed by atoms with E-state index in [1.165, 1.54) is 12.8 Å². The number of hydrogen-bond donors (Lipinski definition) is 3. The van der Waals surface area contributed by atoms with Gasteiger partial charge in [-0.1, -0.05) is 20.8 Å². The molecule has 3 N–H and O–H groups in total. The van der Waals surface area contributed by atoms with Gasteiger partial charge in [-0.05, 0) is 44.6 Å². The van der Waals surface area contributed by atoms with Crippen LogP contribution in [0.3, 0.4) is 0 Å². The highest BCUT2D eigenvalue weighted by Crippen LogP contribution is 2.15. The maximum atomic E-state index is 11.8. The van der Waals surface area contributed by atoms with Crippen LogP contribution in [-0.4, -0.2) is 54.4 Å². The van der Waals surface area contributed by atoms with E-state index in [4.69, 9.17) is 0 Å². The molecule has 21 heavy (non-hydrogen) atoms. The lowest BCUT2D eigenvalue weighted by Gasteiger charge is -2.32. The first-order valence-corrected chi connectivity index (χ1v) is 8.33. The zero-order valence-corrected chi connectivity index (χ0v) is 14.1. The van der Waals surface area contributed by atoms with Gasteiger partial charge < -0.3 is 20.6 Å². The summed E-state index contributed by atoms with van der Waals surface area (Å²) in [6, 6.07) is 0.00818. The average molecular weight is 299 g/mol. The predicted octanol–water partition coefficient (Wildman–Crippen LogP) is 1.81.